The van der Waals surface area contributed by atoms with Crippen LogP contribution in [0, 0.1) is 0 Å². The summed E-state index contributed by atoms with van der Waals surface area (Å²) in [6.45, 7) is 1.05. The summed E-state index contributed by atoms with van der Waals surface area (Å²) < 4.78 is 0. The van der Waals surface area contributed by atoms with E-state index in [2.05, 4.69) is 16.0 Å². The minimum atomic E-state index is -1.40. The summed E-state index contributed by atoms with van der Waals surface area (Å²) in [7, 11) is 0. The highest BCUT2D eigenvalue weighted by molar-refractivity contribution is 6.41. The number of nitrogens with zero attached hydrogens (tertiary/aromatic N) is 1. The molecule has 8 nitrogen and oxygen atoms in total. The van der Waals surface area contributed by atoms with Crippen molar-refractivity contribution in [1.82, 2.24) is 16.0 Å². The Morgan fingerprint density at radius 1 is 0.975 bits per heavy atom. The fourth-order valence-electron chi connectivity index (χ4n) is 5.16. The zero-order valence-corrected chi connectivity index (χ0v) is 23.6. The van der Waals surface area contributed by atoms with Gasteiger partial charge in [0.05, 0.1) is 33.9 Å². The van der Waals surface area contributed by atoms with E-state index in [0.29, 0.717) is 23.8 Å². The Bertz CT molecular complexity index is 1440. The first-order valence-corrected chi connectivity index (χ1v) is 14.0. The van der Waals surface area contributed by atoms with Gasteiger partial charge >= 0.3 is 12.0 Å². The molecule has 2 aliphatic rings. The molecule has 11 heteroatoms. The average Bonchev–Trinajstić information content (AvgIpc) is 3.30. The van der Waals surface area contributed by atoms with E-state index in [0.717, 1.165) is 24.0 Å². The van der Waals surface area contributed by atoms with Crippen LogP contribution < -0.4 is 20.9 Å². The number of aliphatic carboxylic acids is 1. The van der Waals surface area contributed by atoms with E-state index < -0.39 is 23.9 Å². The number of benzene rings is 3. The number of urea groups is 1. The van der Waals surface area contributed by atoms with Gasteiger partial charge in [-0.15, -0.1) is 0 Å². The summed E-state index contributed by atoms with van der Waals surface area (Å²) in [4.78, 5) is 39.6. The predicted molar refractivity (Wildman–Crippen MR) is 156 cm³/mol. The van der Waals surface area contributed by atoms with Crippen LogP contribution in [-0.4, -0.2) is 48.7 Å². The summed E-state index contributed by atoms with van der Waals surface area (Å²) in [5, 5.41) is 18.5. The number of hydrogen-bond acceptors (Lipinski definition) is 4. The number of halogens is 3. The number of hydrogen-bond donors (Lipinski definition) is 4. The van der Waals surface area contributed by atoms with E-state index in [9.17, 15) is 19.5 Å². The molecule has 1 saturated heterocycles. The normalized spacial score (nSPS) is 17.0. The second kappa shape index (κ2) is 12.0. The highest BCUT2D eigenvalue weighted by atomic mass is 35.5. The highest BCUT2D eigenvalue weighted by Gasteiger charge is 2.32. The largest absolute Gasteiger partial charge is 0.480 e. The third-order valence-corrected chi connectivity index (χ3v) is 8.32. The first kappa shape index (κ1) is 28.1. The Kier molecular flexibility index (Phi) is 8.40. The van der Waals surface area contributed by atoms with Gasteiger partial charge in [0.15, 0.2) is 0 Å². The molecule has 0 aromatic heterocycles. The van der Waals surface area contributed by atoms with Crippen molar-refractivity contribution in [3.05, 3.63) is 98.0 Å². The number of carbonyl (C=O) groups excluding carboxylic acids is 2. The van der Waals surface area contributed by atoms with Crippen molar-refractivity contribution >= 4 is 58.4 Å². The van der Waals surface area contributed by atoms with Gasteiger partial charge in [-0.3, -0.25) is 4.79 Å². The van der Waals surface area contributed by atoms with E-state index >= 15 is 0 Å². The average molecular weight is 602 g/mol. The number of fused-ring (bicyclic) bond motifs is 1. The summed E-state index contributed by atoms with van der Waals surface area (Å²) >= 11 is 18.9. The summed E-state index contributed by atoms with van der Waals surface area (Å²) in [6, 6.07) is 16.8. The quantitative estimate of drug-likeness (QED) is 0.276. The zero-order valence-electron chi connectivity index (χ0n) is 21.3. The van der Waals surface area contributed by atoms with E-state index in [4.69, 9.17) is 34.8 Å². The molecule has 3 amide bonds. The number of carboxylic acid groups (broad SMARTS) is 1. The van der Waals surface area contributed by atoms with Crippen molar-refractivity contribution in [2.24, 2.45) is 0 Å². The maximum absolute atomic E-state index is 13.2. The fraction of sp³-hybridized carbons (Fsp3) is 0.276. The van der Waals surface area contributed by atoms with E-state index in [1.807, 2.05) is 53.4 Å². The zero-order chi connectivity index (χ0) is 28.4. The molecule has 0 bridgehead atoms. The lowest BCUT2D eigenvalue weighted by Gasteiger charge is -2.42. The fourth-order valence-corrected chi connectivity index (χ4v) is 5.94. The number of rotatable bonds is 8. The number of carbonyl (C=O) groups is 3. The second-order valence-corrected chi connectivity index (χ2v) is 11.1. The molecule has 5 rings (SSSR count). The molecule has 0 radical (unpaired) electrons. The first-order valence-electron chi connectivity index (χ1n) is 12.9. The molecule has 1 aliphatic carbocycles. The van der Waals surface area contributed by atoms with Gasteiger partial charge in [0.25, 0.3) is 5.91 Å². The van der Waals surface area contributed by atoms with Gasteiger partial charge in [-0.05, 0) is 53.8 Å². The van der Waals surface area contributed by atoms with Crippen LogP contribution >= 0.6 is 34.8 Å². The molecule has 4 N–H and O–H groups in total. The Balaban J connectivity index is 1.20. The monoisotopic (exact) mass is 600 g/mol. The summed E-state index contributed by atoms with van der Waals surface area (Å²) in [6.07, 6.45) is 1.62. The molecule has 2 atom stereocenters. The van der Waals surface area contributed by atoms with Crippen LogP contribution in [-0.2, 0) is 11.2 Å². The molecule has 0 saturated carbocycles. The van der Waals surface area contributed by atoms with Gasteiger partial charge < -0.3 is 26.0 Å². The van der Waals surface area contributed by atoms with Gasteiger partial charge in [0.2, 0.25) is 0 Å². The Morgan fingerprint density at radius 3 is 2.42 bits per heavy atom. The minimum Gasteiger partial charge on any atom is -0.480 e. The van der Waals surface area contributed by atoms with Crippen molar-refractivity contribution in [1.29, 1.82) is 0 Å². The molecule has 0 spiro atoms. The lowest BCUT2D eigenvalue weighted by Crippen LogP contribution is -2.50. The molecule has 1 heterocycles. The van der Waals surface area contributed by atoms with Crippen LogP contribution in [0.4, 0.5) is 10.5 Å². The van der Waals surface area contributed by atoms with Crippen LogP contribution in [0.25, 0.3) is 0 Å². The maximum atomic E-state index is 13.2. The van der Waals surface area contributed by atoms with E-state index in [1.54, 1.807) is 12.1 Å². The number of anilines is 1. The Hall–Kier alpha value is -3.46. The molecule has 3 aromatic rings. The van der Waals surface area contributed by atoms with Crippen LogP contribution in [0.1, 0.15) is 45.4 Å². The SMILES string of the molecule is O=C(NC[C@H](NC(=O)c1c(Cl)ccc(N2CC(c3ccc(Cl)cc3)C2)c1Cl)C(=O)O)N[C@@H]1CCc2ccccc21. The van der Waals surface area contributed by atoms with Crippen LogP contribution in [0.3, 0.4) is 0 Å². The lowest BCUT2D eigenvalue weighted by atomic mass is 9.91. The van der Waals surface area contributed by atoms with E-state index in [1.165, 1.54) is 5.56 Å². The predicted octanol–water partition coefficient (Wildman–Crippen LogP) is 5.42. The van der Waals surface area contributed by atoms with Gasteiger partial charge in [-0.25, -0.2) is 9.59 Å². The molecule has 40 heavy (non-hydrogen) atoms. The second-order valence-electron chi connectivity index (χ2n) is 9.92. The van der Waals surface area contributed by atoms with Crippen molar-refractivity contribution in [2.75, 3.05) is 24.5 Å². The molecular formula is C29H27Cl3N4O4. The highest BCUT2D eigenvalue weighted by Crippen LogP contribution is 2.39. The molecule has 1 fully saturated rings. The van der Waals surface area contributed by atoms with Crippen molar-refractivity contribution in [3.63, 3.8) is 0 Å². The van der Waals surface area contributed by atoms with Gasteiger partial charge in [0.1, 0.15) is 6.04 Å². The van der Waals surface area contributed by atoms with Gasteiger partial charge in [0, 0.05) is 24.0 Å². The Labute approximate surface area is 246 Å². The molecular weight excluding hydrogens is 575 g/mol. The van der Waals surface area contributed by atoms with Crippen molar-refractivity contribution in [3.8, 4) is 0 Å². The third-order valence-electron chi connectivity index (χ3n) is 7.37. The van der Waals surface area contributed by atoms with Crippen molar-refractivity contribution in [2.45, 2.75) is 30.8 Å². The standard InChI is InChI=1S/C29H27Cl3N4O4/c30-19-8-5-16(6-9-19)18-14-36(15-18)24-12-10-21(31)25(26(24)32)27(37)34-23(28(38)39)13-33-29(40)35-22-11-7-17-3-1-2-4-20(17)22/h1-6,8-10,12,18,22-23H,7,11,13-15H2,(H,34,37)(H,38,39)(H2,33,35,40)/t22-,23+/m1/s1. The molecule has 3 aromatic carbocycles. The third kappa shape index (κ3) is 5.99. The summed E-state index contributed by atoms with van der Waals surface area (Å²) in [5.41, 5.74) is 3.99. The van der Waals surface area contributed by atoms with Crippen LogP contribution in [0.5, 0.6) is 0 Å². The molecule has 208 valence electrons. The minimum absolute atomic E-state index is 0.0194. The van der Waals surface area contributed by atoms with Crippen LogP contribution in [0.2, 0.25) is 15.1 Å². The van der Waals surface area contributed by atoms with Crippen LogP contribution in [0.15, 0.2) is 60.7 Å². The van der Waals surface area contributed by atoms with E-state index in [-0.39, 0.29) is 34.1 Å². The van der Waals surface area contributed by atoms with Gasteiger partial charge in [-0.2, -0.15) is 0 Å². The van der Waals surface area contributed by atoms with Crippen molar-refractivity contribution < 1.29 is 19.5 Å². The number of amides is 3. The smallest absolute Gasteiger partial charge is 0.328 e. The molecule has 0 unspecified atom stereocenters. The molecule has 1 aliphatic heterocycles. The number of carboxylic acids is 1. The number of nitrogens with one attached hydrogen (secondary N) is 3. The first-order chi connectivity index (χ1) is 19.2. The lowest BCUT2D eigenvalue weighted by molar-refractivity contribution is -0.139. The topological polar surface area (TPSA) is 111 Å². The Morgan fingerprint density at radius 2 is 1.70 bits per heavy atom. The summed E-state index contributed by atoms with van der Waals surface area (Å²) in [5.74, 6) is -1.77. The van der Waals surface area contributed by atoms with Gasteiger partial charge in [-0.1, -0.05) is 71.2 Å². The maximum Gasteiger partial charge on any atom is 0.328 e. The number of aryl methyl sites for hydroxylation is 1.